The summed E-state index contributed by atoms with van der Waals surface area (Å²) in [5.41, 5.74) is 1.38. The van der Waals surface area contributed by atoms with Gasteiger partial charge in [-0.3, -0.25) is 4.90 Å². The lowest BCUT2D eigenvalue weighted by atomic mass is 10.1. The van der Waals surface area contributed by atoms with Crippen LogP contribution in [0.2, 0.25) is 0 Å². The second-order valence-corrected chi connectivity index (χ2v) is 6.12. The van der Waals surface area contributed by atoms with Gasteiger partial charge in [0.25, 0.3) is 0 Å². The number of hydrogen-bond donors (Lipinski definition) is 0. The molecule has 3 rings (SSSR count). The third kappa shape index (κ3) is 4.25. The van der Waals surface area contributed by atoms with Gasteiger partial charge in [-0.2, -0.15) is 13.2 Å². The predicted molar refractivity (Wildman–Crippen MR) is 91.9 cm³/mol. The van der Waals surface area contributed by atoms with E-state index in [4.69, 9.17) is 4.74 Å². The highest BCUT2D eigenvalue weighted by molar-refractivity contribution is 5.48. The third-order valence-electron chi connectivity index (χ3n) is 4.52. The Bertz CT molecular complexity index is 693. The Hall–Kier alpha value is -2.21. The maximum absolute atomic E-state index is 12.7. The summed E-state index contributed by atoms with van der Waals surface area (Å²) < 4.78 is 43.3. The van der Waals surface area contributed by atoms with Crippen LogP contribution in [0.4, 0.5) is 18.9 Å². The molecule has 1 aliphatic rings. The van der Waals surface area contributed by atoms with Crippen molar-refractivity contribution in [2.45, 2.75) is 12.7 Å². The molecule has 2 aromatic rings. The Kier molecular flexibility index (Phi) is 5.18. The van der Waals surface area contributed by atoms with Gasteiger partial charge < -0.3 is 9.64 Å². The monoisotopic (exact) mass is 350 g/mol. The van der Waals surface area contributed by atoms with Gasteiger partial charge in [0, 0.05) is 44.0 Å². The van der Waals surface area contributed by atoms with Gasteiger partial charge in [-0.05, 0) is 30.3 Å². The van der Waals surface area contributed by atoms with Gasteiger partial charge in [0.15, 0.2) is 0 Å². The van der Waals surface area contributed by atoms with Crippen LogP contribution in [-0.2, 0) is 12.7 Å². The first-order valence-corrected chi connectivity index (χ1v) is 8.24. The minimum atomic E-state index is -4.29. The van der Waals surface area contributed by atoms with Crippen LogP contribution in [0.1, 0.15) is 11.1 Å². The molecule has 0 saturated carbocycles. The standard InChI is InChI=1S/C19H21F3N2O/c1-25-18-5-3-2-4-15(18)14-23-10-12-24(13-11-23)17-8-6-16(7-9-17)19(20,21)22/h2-9H,10-14H2,1H3. The molecule has 6 heteroatoms. The fourth-order valence-electron chi connectivity index (χ4n) is 3.10. The number of para-hydroxylation sites is 1. The Morgan fingerprint density at radius 1 is 0.920 bits per heavy atom. The lowest BCUT2D eigenvalue weighted by Gasteiger charge is -2.36. The van der Waals surface area contributed by atoms with Crippen LogP contribution >= 0.6 is 0 Å². The van der Waals surface area contributed by atoms with E-state index < -0.39 is 11.7 Å². The van der Waals surface area contributed by atoms with Crippen LogP contribution in [0, 0.1) is 0 Å². The van der Waals surface area contributed by atoms with Gasteiger partial charge in [0.05, 0.1) is 12.7 Å². The zero-order valence-corrected chi connectivity index (χ0v) is 14.1. The van der Waals surface area contributed by atoms with Crippen molar-refractivity contribution in [3.05, 3.63) is 59.7 Å². The van der Waals surface area contributed by atoms with E-state index in [1.807, 2.05) is 18.2 Å². The molecule has 0 unspecified atom stereocenters. The van der Waals surface area contributed by atoms with E-state index in [2.05, 4.69) is 15.9 Å². The number of rotatable bonds is 4. The highest BCUT2D eigenvalue weighted by atomic mass is 19.4. The van der Waals surface area contributed by atoms with Crippen LogP contribution < -0.4 is 9.64 Å². The fraction of sp³-hybridized carbons (Fsp3) is 0.368. The number of alkyl halides is 3. The van der Waals surface area contributed by atoms with Gasteiger partial charge in [-0.15, -0.1) is 0 Å². The maximum Gasteiger partial charge on any atom is 0.416 e. The normalized spacial score (nSPS) is 16.1. The molecule has 1 saturated heterocycles. The van der Waals surface area contributed by atoms with Crippen molar-refractivity contribution in [2.24, 2.45) is 0 Å². The summed E-state index contributed by atoms with van der Waals surface area (Å²) in [6.45, 7) is 4.12. The van der Waals surface area contributed by atoms with Crippen molar-refractivity contribution in [1.29, 1.82) is 0 Å². The van der Waals surface area contributed by atoms with E-state index in [9.17, 15) is 13.2 Å². The molecule has 0 aromatic heterocycles. The summed E-state index contributed by atoms with van der Waals surface area (Å²) in [7, 11) is 1.67. The maximum atomic E-state index is 12.7. The quantitative estimate of drug-likeness (QED) is 0.828. The molecule has 0 aliphatic carbocycles. The fourth-order valence-corrected chi connectivity index (χ4v) is 3.10. The summed E-state index contributed by atoms with van der Waals surface area (Å²) in [5.74, 6) is 0.882. The summed E-state index contributed by atoms with van der Waals surface area (Å²) in [4.78, 5) is 4.46. The first-order chi connectivity index (χ1) is 12.0. The lowest BCUT2D eigenvalue weighted by molar-refractivity contribution is -0.137. The Balaban J connectivity index is 1.58. The van der Waals surface area contributed by atoms with Crippen molar-refractivity contribution in [1.82, 2.24) is 4.90 Å². The van der Waals surface area contributed by atoms with Gasteiger partial charge in [-0.25, -0.2) is 0 Å². The molecule has 1 heterocycles. The number of benzene rings is 2. The number of hydrogen-bond acceptors (Lipinski definition) is 3. The zero-order valence-electron chi connectivity index (χ0n) is 14.1. The number of methoxy groups -OCH3 is 1. The van der Waals surface area contributed by atoms with E-state index >= 15 is 0 Å². The Morgan fingerprint density at radius 3 is 2.16 bits per heavy atom. The molecule has 0 spiro atoms. The van der Waals surface area contributed by atoms with Crippen molar-refractivity contribution >= 4 is 5.69 Å². The lowest BCUT2D eigenvalue weighted by Crippen LogP contribution is -2.46. The molecule has 0 atom stereocenters. The van der Waals surface area contributed by atoms with Gasteiger partial charge in [-0.1, -0.05) is 18.2 Å². The highest BCUT2D eigenvalue weighted by Gasteiger charge is 2.30. The van der Waals surface area contributed by atoms with Crippen molar-refractivity contribution in [2.75, 3.05) is 38.2 Å². The van der Waals surface area contributed by atoms with Gasteiger partial charge in [0.1, 0.15) is 5.75 Å². The molecule has 3 nitrogen and oxygen atoms in total. The molecule has 25 heavy (non-hydrogen) atoms. The van der Waals surface area contributed by atoms with Crippen molar-refractivity contribution in [3.8, 4) is 5.75 Å². The van der Waals surface area contributed by atoms with E-state index in [1.54, 1.807) is 19.2 Å². The molecule has 1 aliphatic heterocycles. The van der Waals surface area contributed by atoms with Crippen LogP contribution in [0.5, 0.6) is 5.75 Å². The number of halogens is 3. The Morgan fingerprint density at radius 2 is 1.56 bits per heavy atom. The smallest absolute Gasteiger partial charge is 0.416 e. The molecule has 0 N–H and O–H groups in total. The van der Waals surface area contributed by atoms with E-state index in [-0.39, 0.29) is 0 Å². The number of ether oxygens (including phenoxy) is 1. The van der Waals surface area contributed by atoms with Crippen molar-refractivity contribution in [3.63, 3.8) is 0 Å². The van der Waals surface area contributed by atoms with E-state index in [1.165, 1.54) is 0 Å². The summed E-state index contributed by atoms with van der Waals surface area (Å²) in [6, 6.07) is 13.4. The number of anilines is 1. The van der Waals surface area contributed by atoms with Gasteiger partial charge in [0.2, 0.25) is 0 Å². The van der Waals surface area contributed by atoms with Crippen LogP contribution in [0.25, 0.3) is 0 Å². The molecule has 134 valence electrons. The largest absolute Gasteiger partial charge is 0.496 e. The molecule has 0 bridgehead atoms. The second-order valence-electron chi connectivity index (χ2n) is 6.12. The molecule has 2 aromatic carbocycles. The first-order valence-electron chi connectivity index (χ1n) is 8.24. The first kappa shape index (κ1) is 17.6. The topological polar surface area (TPSA) is 15.7 Å². The summed E-state index contributed by atoms with van der Waals surface area (Å²) >= 11 is 0. The number of nitrogens with zero attached hydrogens (tertiary/aromatic N) is 2. The summed E-state index contributed by atoms with van der Waals surface area (Å²) in [5, 5.41) is 0. The zero-order chi connectivity index (χ0) is 17.9. The van der Waals surface area contributed by atoms with Crippen LogP contribution in [0.15, 0.2) is 48.5 Å². The van der Waals surface area contributed by atoms with Crippen LogP contribution in [0.3, 0.4) is 0 Å². The van der Waals surface area contributed by atoms with Crippen LogP contribution in [-0.4, -0.2) is 38.2 Å². The Labute approximate surface area is 145 Å². The molecule has 0 amide bonds. The van der Waals surface area contributed by atoms with E-state index in [0.29, 0.717) is 0 Å². The third-order valence-corrected chi connectivity index (χ3v) is 4.52. The molecular formula is C19H21F3N2O. The second kappa shape index (κ2) is 7.35. The number of piperazine rings is 1. The molecule has 1 fully saturated rings. The predicted octanol–water partition coefficient (Wildman–Crippen LogP) is 4.04. The van der Waals surface area contributed by atoms with Crippen molar-refractivity contribution < 1.29 is 17.9 Å². The van der Waals surface area contributed by atoms with Gasteiger partial charge >= 0.3 is 6.18 Å². The minimum Gasteiger partial charge on any atom is -0.496 e. The average Bonchev–Trinajstić information content (AvgIpc) is 2.62. The summed E-state index contributed by atoms with van der Waals surface area (Å²) in [6.07, 6.45) is -4.29. The SMILES string of the molecule is COc1ccccc1CN1CCN(c2ccc(C(F)(F)F)cc2)CC1. The highest BCUT2D eigenvalue weighted by Crippen LogP contribution is 2.30. The minimum absolute atomic E-state index is 0.606. The van der Waals surface area contributed by atoms with E-state index in [0.717, 1.165) is 61.9 Å². The molecular weight excluding hydrogens is 329 g/mol. The average molecular weight is 350 g/mol. The molecule has 0 radical (unpaired) electrons.